The van der Waals surface area contributed by atoms with Gasteiger partial charge in [0.1, 0.15) is 5.69 Å². The quantitative estimate of drug-likeness (QED) is 0.728. The van der Waals surface area contributed by atoms with Crippen LogP contribution < -0.4 is 11.1 Å². The lowest BCUT2D eigenvalue weighted by atomic mass is 10.2. The second kappa shape index (κ2) is 5.32. The van der Waals surface area contributed by atoms with E-state index in [9.17, 15) is 4.79 Å². The molecule has 2 rings (SSSR count). The maximum absolute atomic E-state index is 12.1. The average Bonchev–Trinajstić information content (AvgIpc) is 2.73. The van der Waals surface area contributed by atoms with Crippen molar-refractivity contribution in [1.82, 2.24) is 15.2 Å². The Bertz CT molecular complexity index is 588. The number of benzene rings is 1. The van der Waals surface area contributed by atoms with Gasteiger partial charge in [0.25, 0.3) is 5.91 Å². The number of nitrogens with zero attached hydrogens (tertiary/aromatic N) is 1. The second-order valence-corrected chi connectivity index (χ2v) is 5.13. The van der Waals surface area contributed by atoms with Gasteiger partial charge >= 0.3 is 0 Å². The van der Waals surface area contributed by atoms with Gasteiger partial charge in [0.15, 0.2) is 0 Å². The SMILES string of the molecule is CC(CN(C)C)NC(=O)c1cc2cccc(N)c2[nH]1. The second-order valence-electron chi connectivity index (χ2n) is 5.13. The van der Waals surface area contributed by atoms with Crippen LogP contribution in [-0.4, -0.2) is 42.5 Å². The first kappa shape index (κ1) is 13.4. The number of aromatic amines is 1. The third kappa shape index (κ3) is 3.06. The molecule has 19 heavy (non-hydrogen) atoms. The molecule has 102 valence electrons. The highest BCUT2D eigenvalue weighted by Crippen LogP contribution is 2.20. The zero-order valence-electron chi connectivity index (χ0n) is 11.5. The Morgan fingerprint density at radius 2 is 2.21 bits per heavy atom. The molecule has 1 atom stereocenters. The maximum Gasteiger partial charge on any atom is 0.267 e. The van der Waals surface area contributed by atoms with E-state index in [4.69, 9.17) is 5.73 Å². The standard InChI is InChI=1S/C14H20N4O/c1-9(8-18(2)3)16-14(19)12-7-10-5-4-6-11(15)13(10)17-12/h4-7,9,17H,8,15H2,1-3H3,(H,16,19). The lowest BCUT2D eigenvalue weighted by Crippen LogP contribution is -2.39. The molecular formula is C14H20N4O. The number of H-pyrrole nitrogens is 1. The number of nitrogen functional groups attached to an aromatic ring is 1. The number of anilines is 1. The third-order valence-electron chi connectivity index (χ3n) is 2.95. The molecule has 1 aromatic carbocycles. The van der Waals surface area contributed by atoms with E-state index in [1.807, 2.05) is 50.2 Å². The summed E-state index contributed by atoms with van der Waals surface area (Å²) in [5, 5.41) is 3.90. The van der Waals surface area contributed by atoms with Crippen LogP contribution >= 0.6 is 0 Å². The van der Waals surface area contributed by atoms with Crippen molar-refractivity contribution in [3.05, 3.63) is 30.0 Å². The largest absolute Gasteiger partial charge is 0.397 e. The highest BCUT2D eigenvalue weighted by molar-refractivity contribution is 6.00. The van der Waals surface area contributed by atoms with Gasteiger partial charge in [-0.2, -0.15) is 0 Å². The topological polar surface area (TPSA) is 74.2 Å². The summed E-state index contributed by atoms with van der Waals surface area (Å²) >= 11 is 0. The molecule has 5 heteroatoms. The first-order valence-electron chi connectivity index (χ1n) is 6.30. The molecule has 5 nitrogen and oxygen atoms in total. The number of aromatic nitrogens is 1. The summed E-state index contributed by atoms with van der Waals surface area (Å²) in [6.07, 6.45) is 0. The number of carbonyl (C=O) groups excluding carboxylic acids is 1. The Hall–Kier alpha value is -2.01. The van der Waals surface area contributed by atoms with E-state index in [0.29, 0.717) is 11.4 Å². The number of para-hydroxylation sites is 1. The molecule has 1 amide bonds. The van der Waals surface area contributed by atoms with Crippen molar-refractivity contribution in [2.24, 2.45) is 0 Å². The molecule has 0 saturated carbocycles. The van der Waals surface area contributed by atoms with Crippen molar-refractivity contribution < 1.29 is 4.79 Å². The molecule has 0 aliphatic rings. The van der Waals surface area contributed by atoms with Gasteiger partial charge in [0.2, 0.25) is 0 Å². The summed E-state index contributed by atoms with van der Waals surface area (Å²) < 4.78 is 0. The van der Waals surface area contributed by atoms with Crippen molar-refractivity contribution >= 4 is 22.5 Å². The summed E-state index contributed by atoms with van der Waals surface area (Å²) in [5.74, 6) is -0.107. The van der Waals surface area contributed by atoms with E-state index in [1.54, 1.807) is 0 Å². The number of nitrogens with one attached hydrogen (secondary N) is 2. The van der Waals surface area contributed by atoms with Crippen molar-refractivity contribution in [3.8, 4) is 0 Å². The third-order valence-corrected chi connectivity index (χ3v) is 2.95. The molecule has 1 aromatic heterocycles. The molecule has 0 bridgehead atoms. The minimum atomic E-state index is -0.107. The van der Waals surface area contributed by atoms with Crippen LogP contribution in [0, 0.1) is 0 Å². The molecule has 0 fully saturated rings. The number of fused-ring (bicyclic) bond motifs is 1. The fourth-order valence-corrected chi connectivity index (χ4v) is 2.20. The molecule has 0 spiro atoms. The van der Waals surface area contributed by atoms with Gasteiger partial charge in [-0.05, 0) is 33.2 Å². The maximum atomic E-state index is 12.1. The summed E-state index contributed by atoms with van der Waals surface area (Å²) in [7, 11) is 3.96. The fraction of sp³-hybridized carbons (Fsp3) is 0.357. The van der Waals surface area contributed by atoms with Crippen LogP contribution in [0.25, 0.3) is 10.9 Å². The average molecular weight is 260 g/mol. The van der Waals surface area contributed by atoms with E-state index < -0.39 is 0 Å². The van der Waals surface area contributed by atoms with Crippen molar-refractivity contribution in [3.63, 3.8) is 0 Å². The van der Waals surface area contributed by atoms with Crippen molar-refractivity contribution in [2.75, 3.05) is 26.4 Å². The highest BCUT2D eigenvalue weighted by Gasteiger charge is 2.13. The van der Waals surface area contributed by atoms with Crippen LogP contribution in [0.3, 0.4) is 0 Å². The smallest absolute Gasteiger partial charge is 0.267 e. The first-order valence-corrected chi connectivity index (χ1v) is 6.30. The van der Waals surface area contributed by atoms with Crippen molar-refractivity contribution in [2.45, 2.75) is 13.0 Å². The zero-order chi connectivity index (χ0) is 14.0. The van der Waals surface area contributed by atoms with Crippen LogP contribution in [-0.2, 0) is 0 Å². The molecule has 0 saturated heterocycles. The van der Waals surface area contributed by atoms with E-state index in [2.05, 4.69) is 10.3 Å². The molecule has 0 aliphatic carbocycles. The minimum absolute atomic E-state index is 0.0891. The van der Waals surface area contributed by atoms with Gasteiger partial charge in [-0.15, -0.1) is 0 Å². The van der Waals surface area contributed by atoms with E-state index in [0.717, 1.165) is 17.4 Å². The van der Waals surface area contributed by atoms with E-state index >= 15 is 0 Å². The molecule has 1 heterocycles. The summed E-state index contributed by atoms with van der Waals surface area (Å²) in [6, 6.07) is 7.54. The molecular weight excluding hydrogens is 240 g/mol. The lowest BCUT2D eigenvalue weighted by molar-refractivity contribution is 0.0930. The number of likely N-dealkylation sites (N-methyl/N-ethyl adjacent to an activating group) is 1. The monoisotopic (exact) mass is 260 g/mol. The Balaban J connectivity index is 2.15. The number of carbonyl (C=O) groups is 1. The number of rotatable bonds is 4. The normalized spacial score (nSPS) is 12.8. The lowest BCUT2D eigenvalue weighted by Gasteiger charge is -2.17. The Kier molecular flexibility index (Phi) is 3.76. The van der Waals surface area contributed by atoms with Gasteiger partial charge in [-0.3, -0.25) is 4.79 Å². The van der Waals surface area contributed by atoms with Gasteiger partial charge < -0.3 is 20.9 Å². The van der Waals surface area contributed by atoms with E-state index in [-0.39, 0.29) is 11.9 Å². The molecule has 0 aliphatic heterocycles. The van der Waals surface area contributed by atoms with Crippen LogP contribution in [0.4, 0.5) is 5.69 Å². The minimum Gasteiger partial charge on any atom is -0.397 e. The summed E-state index contributed by atoms with van der Waals surface area (Å²) in [4.78, 5) is 17.2. The van der Waals surface area contributed by atoms with Crippen LogP contribution in [0.1, 0.15) is 17.4 Å². The Labute approximate surface area is 112 Å². The zero-order valence-corrected chi connectivity index (χ0v) is 11.5. The number of hydrogen-bond acceptors (Lipinski definition) is 3. The number of amides is 1. The number of hydrogen-bond donors (Lipinski definition) is 3. The molecule has 1 unspecified atom stereocenters. The van der Waals surface area contributed by atoms with Crippen LogP contribution in [0.5, 0.6) is 0 Å². The predicted octanol–water partition coefficient (Wildman–Crippen LogP) is 1.43. The summed E-state index contributed by atoms with van der Waals surface area (Å²) in [5.41, 5.74) is 7.87. The molecule has 2 aromatic rings. The predicted molar refractivity (Wildman–Crippen MR) is 78.2 cm³/mol. The fourth-order valence-electron chi connectivity index (χ4n) is 2.20. The first-order chi connectivity index (χ1) is 8.97. The highest BCUT2D eigenvalue weighted by atomic mass is 16.1. The Morgan fingerprint density at radius 3 is 2.84 bits per heavy atom. The van der Waals surface area contributed by atoms with E-state index in [1.165, 1.54) is 0 Å². The molecule has 4 N–H and O–H groups in total. The Morgan fingerprint density at radius 1 is 1.47 bits per heavy atom. The van der Waals surface area contributed by atoms with Crippen LogP contribution in [0.2, 0.25) is 0 Å². The molecule has 0 radical (unpaired) electrons. The van der Waals surface area contributed by atoms with Crippen LogP contribution in [0.15, 0.2) is 24.3 Å². The number of nitrogens with two attached hydrogens (primary N) is 1. The van der Waals surface area contributed by atoms with Crippen molar-refractivity contribution in [1.29, 1.82) is 0 Å². The van der Waals surface area contributed by atoms with Gasteiger partial charge in [0, 0.05) is 18.0 Å². The van der Waals surface area contributed by atoms with Gasteiger partial charge in [-0.25, -0.2) is 0 Å². The summed E-state index contributed by atoms with van der Waals surface area (Å²) in [6.45, 7) is 2.78. The van der Waals surface area contributed by atoms with Gasteiger partial charge in [-0.1, -0.05) is 12.1 Å². The van der Waals surface area contributed by atoms with Gasteiger partial charge in [0.05, 0.1) is 11.2 Å².